The van der Waals surface area contributed by atoms with Gasteiger partial charge in [-0.2, -0.15) is 0 Å². The van der Waals surface area contributed by atoms with Gasteiger partial charge in [0, 0.05) is 62.5 Å². The molecule has 0 atom stereocenters. The van der Waals surface area contributed by atoms with Gasteiger partial charge in [-0.25, -0.2) is 0 Å². The van der Waals surface area contributed by atoms with Crippen molar-refractivity contribution < 1.29 is 19.2 Å². The number of amides is 1. The number of piperazine rings is 1. The van der Waals surface area contributed by atoms with Gasteiger partial charge in [0.15, 0.2) is 5.78 Å². The van der Waals surface area contributed by atoms with Crippen LogP contribution in [0.3, 0.4) is 0 Å². The van der Waals surface area contributed by atoms with Gasteiger partial charge in [-0.05, 0) is 37.3 Å². The minimum absolute atomic E-state index is 0.0531. The fourth-order valence-electron chi connectivity index (χ4n) is 3.52. The average Bonchev–Trinajstić information content (AvgIpc) is 2.78. The van der Waals surface area contributed by atoms with E-state index in [0.717, 1.165) is 31.9 Å². The number of hydrogen-bond acceptors (Lipinski definition) is 7. The third-order valence-electron chi connectivity index (χ3n) is 5.33. The second-order valence-corrected chi connectivity index (χ2v) is 7.37. The van der Waals surface area contributed by atoms with E-state index in [2.05, 4.69) is 15.1 Å². The molecule has 0 unspecified atom stereocenters. The van der Waals surface area contributed by atoms with Gasteiger partial charge < -0.3 is 15.0 Å². The predicted octanol–water partition coefficient (Wildman–Crippen LogP) is 2.96. The van der Waals surface area contributed by atoms with Crippen molar-refractivity contribution in [1.29, 1.82) is 0 Å². The van der Waals surface area contributed by atoms with E-state index in [4.69, 9.17) is 4.74 Å². The summed E-state index contributed by atoms with van der Waals surface area (Å²) >= 11 is 0. The van der Waals surface area contributed by atoms with E-state index >= 15 is 0 Å². The number of methoxy groups -OCH3 is 1. The number of nitrogens with zero attached hydrogens (tertiary/aromatic N) is 3. The predicted molar refractivity (Wildman–Crippen MR) is 118 cm³/mol. The quantitative estimate of drug-likeness (QED) is 0.393. The molecule has 1 aliphatic heterocycles. The van der Waals surface area contributed by atoms with E-state index in [9.17, 15) is 19.7 Å². The van der Waals surface area contributed by atoms with E-state index in [1.807, 2.05) is 24.3 Å². The van der Waals surface area contributed by atoms with Crippen LogP contribution < -0.4 is 15.0 Å². The normalized spacial score (nSPS) is 14.2. The van der Waals surface area contributed by atoms with Crippen molar-refractivity contribution in [2.45, 2.75) is 13.3 Å². The summed E-state index contributed by atoms with van der Waals surface area (Å²) in [4.78, 5) is 38.7. The molecule has 1 heterocycles. The highest BCUT2D eigenvalue weighted by molar-refractivity contribution is 5.94. The first kappa shape index (κ1) is 22.2. The van der Waals surface area contributed by atoms with Gasteiger partial charge in [-0.1, -0.05) is 0 Å². The molecule has 1 amide bonds. The number of ketones is 1. The maximum Gasteiger partial charge on any atom is 0.271 e. The van der Waals surface area contributed by atoms with Crippen molar-refractivity contribution in [3.8, 4) is 5.75 Å². The van der Waals surface area contributed by atoms with Crippen LogP contribution in [0.15, 0.2) is 42.5 Å². The Hall–Kier alpha value is -3.46. The zero-order valence-electron chi connectivity index (χ0n) is 17.7. The standard InChI is InChI=1S/C22H26N4O5/c1-16(27)17-3-5-18(6-4-17)25-13-11-24(12-14-25)10-9-22(28)23-20-15-19(26(29)30)7-8-21(20)31-2/h3-8,15H,9-14H2,1-2H3,(H,23,28). The summed E-state index contributed by atoms with van der Waals surface area (Å²) < 4.78 is 5.18. The maximum absolute atomic E-state index is 12.4. The Morgan fingerprint density at radius 3 is 2.35 bits per heavy atom. The number of nitro benzene ring substituents is 1. The molecule has 164 valence electrons. The first-order valence-corrected chi connectivity index (χ1v) is 10.1. The number of benzene rings is 2. The van der Waals surface area contributed by atoms with Gasteiger partial charge in [0.2, 0.25) is 5.91 Å². The van der Waals surface area contributed by atoms with Gasteiger partial charge in [0.1, 0.15) is 5.75 Å². The van der Waals surface area contributed by atoms with Gasteiger partial charge in [0.25, 0.3) is 5.69 Å². The number of carbonyl (C=O) groups excluding carboxylic acids is 2. The SMILES string of the molecule is COc1ccc([N+](=O)[O-])cc1NC(=O)CCN1CCN(c2ccc(C(C)=O)cc2)CC1. The number of rotatable bonds is 8. The van der Waals surface area contributed by atoms with Crippen LogP contribution in [0.4, 0.5) is 17.1 Å². The Morgan fingerprint density at radius 1 is 1.10 bits per heavy atom. The molecular weight excluding hydrogens is 400 g/mol. The molecule has 9 nitrogen and oxygen atoms in total. The van der Waals surface area contributed by atoms with Crippen molar-refractivity contribution in [1.82, 2.24) is 4.90 Å². The lowest BCUT2D eigenvalue weighted by Gasteiger charge is -2.36. The number of hydrogen-bond donors (Lipinski definition) is 1. The molecule has 1 fully saturated rings. The largest absolute Gasteiger partial charge is 0.495 e. The van der Waals surface area contributed by atoms with Crippen molar-refractivity contribution in [3.05, 3.63) is 58.1 Å². The number of nitro groups is 1. The molecule has 0 aromatic heterocycles. The van der Waals surface area contributed by atoms with Crippen LogP contribution in [0, 0.1) is 10.1 Å². The number of ether oxygens (including phenoxy) is 1. The first-order chi connectivity index (χ1) is 14.9. The van der Waals surface area contributed by atoms with E-state index in [0.29, 0.717) is 23.5 Å². The molecular formula is C22H26N4O5. The highest BCUT2D eigenvalue weighted by atomic mass is 16.6. The Bertz CT molecular complexity index is 953. The van der Waals surface area contributed by atoms with E-state index < -0.39 is 4.92 Å². The molecule has 2 aromatic rings. The highest BCUT2D eigenvalue weighted by Crippen LogP contribution is 2.29. The molecule has 2 aromatic carbocycles. The van der Waals surface area contributed by atoms with Gasteiger partial charge in [-0.15, -0.1) is 0 Å². The molecule has 9 heteroatoms. The summed E-state index contributed by atoms with van der Waals surface area (Å²) in [5.41, 5.74) is 1.97. The second kappa shape index (κ2) is 10.0. The molecule has 0 aliphatic carbocycles. The zero-order chi connectivity index (χ0) is 22.4. The maximum atomic E-state index is 12.4. The van der Waals surface area contributed by atoms with Crippen LogP contribution in [0.2, 0.25) is 0 Å². The molecule has 0 bridgehead atoms. The van der Waals surface area contributed by atoms with Crippen molar-refractivity contribution in [3.63, 3.8) is 0 Å². The molecule has 3 rings (SSSR count). The van der Waals surface area contributed by atoms with Crippen molar-refractivity contribution >= 4 is 28.8 Å². The third-order valence-corrected chi connectivity index (χ3v) is 5.33. The molecule has 1 N–H and O–H groups in total. The summed E-state index contributed by atoms with van der Waals surface area (Å²) in [6.07, 6.45) is 0.277. The minimum atomic E-state index is -0.512. The van der Waals surface area contributed by atoms with Crippen LogP contribution in [0.1, 0.15) is 23.7 Å². The molecule has 0 spiro atoms. The van der Waals surface area contributed by atoms with Crippen molar-refractivity contribution in [2.24, 2.45) is 0 Å². The Kier molecular flexibility index (Phi) is 7.19. The van der Waals surface area contributed by atoms with Crippen LogP contribution >= 0.6 is 0 Å². The zero-order valence-corrected chi connectivity index (χ0v) is 17.7. The smallest absolute Gasteiger partial charge is 0.271 e. The lowest BCUT2D eigenvalue weighted by atomic mass is 10.1. The Balaban J connectivity index is 1.48. The van der Waals surface area contributed by atoms with Crippen molar-refractivity contribution in [2.75, 3.05) is 50.1 Å². The number of nitrogens with one attached hydrogen (secondary N) is 1. The number of anilines is 2. The number of non-ortho nitro benzene ring substituents is 1. The van der Waals surface area contributed by atoms with E-state index in [-0.39, 0.29) is 23.8 Å². The highest BCUT2D eigenvalue weighted by Gasteiger charge is 2.19. The summed E-state index contributed by atoms with van der Waals surface area (Å²) in [5, 5.41) is 13.7. The summed E-state index contributed by atoms with van der Waals surface area (Å²) in [6, 6.07) is 11.7. The second-order valence-electron chi connectivity index (χ2n) is 7.37. The molecule has 1 saturated heterocycles. The minimum Gasteiger partial charge on any atom is -0.495 e. The Labute approximate surface area is 180 Å². The summed E-state index contributed by atoms with van der Waals surface area (Å²) in [7, 11) is 1.45. The Morgan fingerprint density at radius 2 is 1.77 bits per heavy atom. The fourth-order valence-corrected chi connectivity index (χ4v) is 3.52. The summed E-state index contributed by atoms with van der Waals surface area (Å²) in [5.74, 6) is 0.210. The van der Waals surface area contributed by atoms with Gasteiger partial charge in [-0.3, -0.25) is 24.6 Å². The molecule has 31 heavy (non-hydrogen) atoms. The monoisotopic (exact) mass is 426 g/mol. The molecule has 1 aliphatic rings. The topological polar surface area (TPSA) is 105 Å². The lowest BCUT2D eigenvalue weighted by molar-refractivity contribution is -0.384. The summed E-state index contributed by atoms with van der Waals surface area (Å²) in [6.45, 7) is 5.46. The number of carbonyl (C=O) groups is 2. The lowest BCUT2D eigenvalue weighted by Crippen LogP contribution is -2.47. The van der Waals surface area contributed by atoms with Gasteiger partial charge >= 0.3 is 0 Å². The van der Waals surface area contributed by atoms with Crippen LogP contribution in [0.5, 0.6) is 5.75 Å². The van der Waals surface area contributed by atoms with Gasteiger partial charge in [0.05, 0.1) is 17.7 Å². The third kappa shape index (κ3) is 5.79. The number of Topliss-reactive ketones (excluding diaryl/α,β-unsaturated/α-hetero) is 1. The first-order valence-electron chi connectivity index (χ1n) is 10.1. The average molecular weight is 426 g/mol. The van der Waals surface area contributed by atoms with E-state index in [1.54, 1.807) is 6.92 Å². The molecule has 0 radical (unpaired) electrons. The molecule has 0 saturated carbocycles. The van der Waals surface area contributed by atoms with E-state index in [1.165, 1.54) is 25.3 Å². The van der Waals surface area contributed by atoms with Crippen LogP contribution in [-0.2, 0) is 4.79 Å². The van der Waals surface area contributed by atoms with Crippen LogP contribution in [-0.4, -0.2) is 61.3 Å². The van der Waals surface area contributed by atoms with Crippen LogP contribution in [0.25, 0.3) is 0 Å². The fraction of sp³-hybridized carbons (Fsp3) is 0.364.